The third kappa shape index (κ3) is 2.91. The van der Waals surface area contributed by atoms with E-state index in [1.54, 1.807) is 0 Å². The molecule has 1 aromatic heterocycles. The number of hydrogen-bond donors (Lipinski definition) is 2. The minimum absolute atomic E-state index is 0.0283. The topological polar surface area (TPSA) is 70.2 Å². The highest BCUT2D eigenvalue weighted by Gasteiger charge is 2.17. The second-order valence-electron chi connectivity index (χ2n) is 5.64. The van der Waals surface area contributed by atoms with Gasteiger partial charge in [0.2, 0.25) is 0 Å². The van der Waals surface area contributed by atoms with Crippen LogP contribution in [0.3, 0.4) is 0 Å². The standard InChI is InChI=1S/C18H23NO3/c1-4-7-11-9-12(8-5-2)15-14(10-11)17(20)13(6-3)16(19-15)18(21)22/h9-10H,4-8H2,1-3H3,(H,19,20)(H,21,22). The summed E-state index contributed by atoms with van der Waals surface area (Å²) in [7, 11) is 0. The van der Waals surface area contributed by atoms with E-state index in [0.717, 1.165) is 36.8 Å². The van der Waals surface area contributed by atoms with Gasteiger partial charge in [-0.25, -0.2) is 4.79 Å². The molecule has 118 valence electrons. The van der Waals surface area contributed by atoms with Crippen LogP contribution in [0.1, 0.15) is 60.8 Å². The molecule has 0 unspecified atom stereocenters. The smallest absolute Gasteiger partial charge is 0.352 e. The molecule has 0 radical (unpaired) electrons. The molecule has 1 heterocycles. The summed E-state index contributed by atoms with van der Waals surface area (Å²) in [5, 5.41) is 9.99. The van der Waals surface area contributed by atoms with Crippen LogP contribution in [-0.4, -0.2) is 16.1 Å². The fraction of sp³-hybridized carbons (Fsp3) is 0.444. The van der Waals surface area contributed by atoms with Gasteiger partial charge in [0.1, 0.15) is 5.69 Å². The number of pyridine rings is 1. The van der Waals surface area contributed by atoms with Gasteiger partial charge in [0.05, 0.1) is 5.52 Å². The van der Waals surface area contributed by atoms with Crippen molar-refractivity contribution in [3.8, 4) is 0 Å². The molecular weight excluding hydrogens is 278 g/mol. The van der Waals surface area contributed by atoms with Gasteiger partial charge < -0.3 is 10.1 Å². The van der Waals surface area contributed by atoms with Crippen molar-refractivity contribution in [2.75, 3.05) is 0 Å². The lowest BCUT2D eigenvalue weighted by molar-refractivity contribution is 0.0689. The Labute approximate surface area is 130 Å². The van der Waals surface area contributed by atoms with E-state index in [9.17, 15) is 14.7 Å². The van der Waals surface area contributed by atoms with Gasteiger partial charge in [-0.05, 0) is 36.5 Å². The Morgan fingerprint density at radius 1 is 1.14 bits per heavy atom. The van der Waals surface area contributed by atoms with E-state index in [0.29, 0.717) is 22.9 Å². The molecule has 0 spiro atoms. The van der Waals surface area contributed by atoms with Crippen LogP contribution in [-0.2, 0) is 19.3 Å². The Bertz CT molecular complexity index is 759. The summed E-state index contributed by atoms with van der Waals surface area (Å²) in [4.78, 5) is 27.2. The first-order valence-electron chi connectivity index (χ1n) is 7.97. The van der Waals surface area contributed by atoms with E-state index >= 15 is 0 Å². The summed E-state index contributed by atoms with van der Waals surface area (Å²) >= 11 is 0. The third-order valence-electron chi connectivity index (χ3n) is 3.98. The molecule has 2 rings (SSSR count). The van der Waals surface area contributed by atoms with Gasteiger partial charge in [-0.2, -0.15) is 0 Å². The van der Waals surface area contributed by atoms with E-state index in [-0.39, 0.29) is 11.1 Å². The second-order valence-corrected chi connectivity index (χ2v) is 5.64. The molecule has 2 aromatic rings. The molecular formula is C18H23NO3. The highest BCUT2D eigenvalue weighted by molar-refractivity contribution is 5.92. The van der Waals surface area contributed by atoms with Gasteiger partial charge in [-0.1, -0.05) is 39.7 Å². The van der Waals surface area contributed by atoms with Gasteiger partial charge in [0.15, 0.2) is 5.43 Å². The zero-order valence-corrected chi connectivity index (χ0v) is 13.5. The highest BCUT2D eigenvalue weighted by atomic mass is 16.4. The first-order valence-corrected chi connectivity index (χ1v) is 7.97. The van der Waals surface area contributed by atoms with E-state index < -0.39 is 5.97 Å². The lowest BCUT2D eigenvalue weighted by Gasteiger charge is -2.12. The molecule has 22 heavy (non-hydrogen) atoms. The average Bonchev–Trinajstić information content (AvgIpc) is 2.48. The molecule has 1 aromatic carbocycles. The summed E-state index contributed by atoms with van der Waals surface area (Å²) in [6.45, 7) is 6.00. The number of carboxylic acids is 1. The number of benzene rings is 1. The first-order chi connectivity index (χ1) is 10.5. The molecule has 0 saturated carbocycles. The fourth-order valence-corrected chi connectivity index (χ4v) is 2.99. The van der Waals surface area contributed by atoms with Gasteiger partial charge in [0, 0.05) is 10.9 Å². The molecule has 0 saturated heterocycles. The minimum atomic E-state index is -1.07. The molecule has 4 nitrogen and oxygen atoms in total. The maximum atomic E-state index is 12.7. The van der Waals surface area contributed by atoms with Crippen LogP contribution in [0.2, 0.25) is 0 Å². The number of fused-ring (bicyclic) bond motifs is 1. The number of rotatable bonds is 6. The molecule has 0 atom stereocenters. The van der Waals surface area contributed by atoms with E-state index in [4.69, 9.17) is 0 Å². The van der Waals surface area contributed by atoms with E-state index in [1.165, 1.54) is 0 Å². The Kier molecular flexibility index (Phi) is 5.01. The number of hydrogen-bond acceptors (Lipinski definition) is 2. The minimum Gasteiger partial charge on any atom is -0.477 e. The number of aryl methyl sites for hydroxylation is 2. The Morgan fingerprint density at radius 3 is 2.36 bits per heavy atom. The van der Waals surface area contributed by atoms with Crippen LogP contribution in [0.25, 0.3) is 10.9 Å². The summed E-state index contributed by atoms with van der Waals surface area (Å²) in [6, 6.07) is 4.02. The predicted molar refractivity (Wildman–Crippen MR) is 88.9 cm³/mol. The molecule has 4 heteroatoms. The number of H-pyrrole nitrogens is 1. The number of aromatic nitrogens is 1. The van der Waals surface area contributed by atoms with Crippen LogP contribution in [0.5, 0.6) is 0 Å². The van der Waals surface area contributed by atoms with Crippen molar-refractivity contribution in [2.24, 2.45) is 0 Å². The van der Waals surface area contributed by atoms with Crippen molar-refractivity contribution in [2.45, 2.75) is 52.9 Å². The Morgan fingerprint density at radius 2 is 1.82 bits per heavy atom. The molecule has 0 bridgehead atoms. The van der Waals surface area contributed by atoms with E-state index in [2.05, 4.69) is 24.9 Å². The van der Waals surface area contributed by atoms with Crippen LogP contribution in [0, 0.1) is 0 Å². The average molecular weight is 301 g/mol. The highest BCUT2D eigenvalue weighted by Crippen LogP contribution is 2.21. The van der Waals surface area contributed by atoms with Gasteiger partial charge in [-0.3, -0.25) is 4.79 Å². The van der Waals surface area contributed by atoms with Gasteiger partial charge >= 0.3 is 5.97 Å². The number of aromatic carboxylic acids is 1. The van der Waals surface area contributed by atoms with Crippen molar-refractivity contribution >= 4 is 16.9 Å². The van der Waals surface area contributed by atoms with Crippen LogP contribution >= 0.6 is 0 Å². The first kappa shape index (κ1) is 16.3. The zero-order chi connectivity index (χ0) is 16.3. The number of carbonyl (C=O) groups is 1. The Hall–Kier alpha value is -2.10. The predicted octanol–water partition coefficient (Wildman–Crippen LogP) is 3.69. The zero-order valence-electron chi connectivity index (χ0n) is 13.5. The van der Waals surface area contributed by atoms with Gasteiger partial charge in [-0.15, -0.1) is 0 Å². The van der Waals surface area contributed by atoms with Gasteiger partial charge in [0.25, 0.3) is 0 Å². The normalized spacial score (nSPS) is 11.0. The second kappa shape index (κ2) is 6.77. The lowest BCUT2D eigenvalue weighted by Crippen LogP contribution is -2.18. The van der Waals surface area contributed by atoms with Crippen molar-refractivity contribution < 1.29 is 9.90 Å². The Balaban J connectivity index is 2.86. The number of nitrogens with one attached hydrogen (secondary N) is 1. The van der Waals surface area contributed by atoms with Crippen molar-refractivity contribution in [3.63, 3.8) is 0 Å². The molecule has 0 aliphatic rings. The summed E-state index contributed by atoms with van der Waals surface area (Å²) < 4.78 is 0. The van der Waals surface area contributed by atoms with Crippen LogP contribution in [0.15, 0.2) is 16.9 Å². The van der Waals surface area contributed by atoms with E-state index in [1.807, 2.05) is 13.0 Å². The molecule has 0 fully saturated rings. The number of carboxylic acid groups (broad SMARTS) is 1. The summed E-state index contributed by atoms with van der Waals surface area (Å²) in [5.74, 6) is -1.07. The SMILES string of the molecule is CCCc1cc(CCC)c2[nH]c(C(=O)O)c(CC)c(=O)c2c1. The van der Waals surface area contributed by atoms with Crippen molar-refractivity contribution in [1.82, 2.24) is 4.98 Å². The van der Waals surface area contributed by atoms with Crippen molar-refractivity contribution in [1.29, 1.82) is 0 Å². The van der Waals surface area contributed by atoms with Crippen LogP contribution < -0.4 is 5.43 Å². The number of aromatic amines is 1. The summed E-state index contributed by atoms with van der Waals surface area (Å²) in [5.41, 5.74) is 3.10. The molecule has 0 aliphatic heterocycles. The quantitative estimate of drug-likeness (QED) is 0.854. The summed E-state index contributed by atoms with van der Waals surface area (Å²) in [6.07, 6.45) is 4.13. The third-order valence-corrected chi connectivity index (χ3v) is 3.98. The largest absolute Gasteiger partial charge is 0.477 e. The lowest BCUT2D eigenvalue weighted by atomic mass is 9.97. The molecule has 0 amide bonds. The molecule has 2 N–H and O–H groups in total. The van der Waals surface area contributed by atoms with Crippen LogP contribution in [0.4, 0.5) is 0 Å². The monoisotopic (exact) mass is 301 g/mol. The van der Waals surface area contributed by atoms with Crippen molar-refractivity contribution in [3.05, 3.63) is 44.7 Å². The maximum absolute atomic E-state index is 12.7. The molecule has 0 aliphatic carbocycles. The maximum Gasteiger partial charge on any atom is 0.352 e. The fourth-order valence-electron chi connectivity index (χ4n) is 2.99.